The minimum absolute atomic E-state index is 0.340. The second-order valence-electron chi connectivity index (χ2n) is 6.15. The van der Waals surface area contributed by atoms with Crippen LogP contribution in [0.15, 0.2) is 0 Å². The predicted molar refractivity (Wildman–Crippen MR) is 71.3 cm³/mol. The molecule has 0 aromatic carbocycles. The van der Waals surface area contributed by atoms with E-state index in [-0.39, 0.29) is 0 Å². The molecule has 17 heavy (non-hydrogen) atoms. The molecular formula is C14H28N2O. The molecule has 1 N–H and O–H groups in total. The second kappa shape index (κ2) is 5.68. The number of methoxy groups -OCH3 is 1. The van der Waals surface area contributed by atoms with Gasteiger partial charge in [0.2, 0.25) is 0 Å². The number of nitrogens with one attached hydrogen (secondary N) is 1. The molecule has 2 aliphatic rings. The van der Waals surface area contributed by atoms with Gasteiger partial charge in [0, 0.05) is 31.8 Å². The maximum Gasteiger partial charge on any atom is 0.0598 e. The zero-order valence-electron chi connectivity index (χ0n) is 11.7. The van der Waals surface area contributed by atoms with Crippen LogP contribution in [0.25, 0.3) is 0 Å². The Balaban J connectivity index is 1.86. The van der Waals surface area contributed by atoms with Crippen molar-refractivity contribution in [1.29, 1.82) is 0 Å². The minimum atomic E-state index is 0.340. The Morgan fingerprint density at radius 1 is 1.41 bits per heavy atom. The van der Waals surface area contributed by atoms with Gasteiger partial charge < -0.3 is 10.1 Å². The van der Waals surface area contributed by atoms with Crippen molar-refractivity contribution in [3.05, 3.63) is 0 Å². The first-order valence-electron chi connectivity index (χ1n) is 7.15. The first-order chi connectivity index (χ1) is 8.13. The lowest BCUT2D eigenvalue weighted by atomic mass is 9.88. The SMILES string of the molecule is COC1CCN(CC2(C)CCCCN2)C(C)C1. The van der Waals surface area contributed by atoms with Crippen LogP contribution in [0.3, 0.4) is 0 Å². The number of likely N-dealkylation sites (tertiary alicyclic amines) is 1. The van der Waals surface area contributed by atoms with Crippen molar-refractivity contribution >= 4 is 0 Å². The van der Waals surface area contributed by atoms with Crippen LogP contribution in [0.2, 0.25) is 0 Å². The molecule has 0 spiro atoms. The minimum Gasteiger partial charge on any atom is -0.381 e. The van der Waals surface area contributed by atoms with Crippen molar-refractivity contribution in [2.75, 3.05) is 26.7 Å². The lowest BCUT2D eigenvalue weighted by Crippen LogP contribution is -2.57. The fourth-order valence-electron chi connectivity index (χ4n) is 3.33. The maximum absolute atomic E-state index is 5.48. The molecule has 0 saturated carbocycles. The van der Waals surface area contributed by atoms with E-state index in [0.29, 0.717) is 17.7 Å². The van der Waals surface area contributed by atoms with E-state index < -0.39 is 0 Å². The summed E-state index contributed by atoms with van der Waals surface area (Å²) in [4.78, 5) is 2.65. The zero-order chi connectivity index (χ0) is 12.3. The summed E-state index contributed by atoms with van der Waals surface area (Å²) in [5.41, 5.74) is 0.340. The van der Waals surface area contributed by atoms with Crippen LogP contribution in [-0.2, 0) is 4.74 Å². The summed E-state index contributed by atoms with van der Waals surface area (Å²) in [5, 5.41) is 3.72. The number of nitrogens with zero attached hydrogens (tertiary/aromatic N) is 1. The van der Waals surface area contributed by atoms with E-state index in [0.717, 1.165) is 0 Å². The van der Waals surface area contributed by atoms with Gasteiger partial charge in [0.15, 0.2) is 0 Å². The van der Waals surface area contributed by atoms with Gasteiger partial charge in [-0.2, -0.15) is 0 Å². The highest BCUT2D eigenvalue weighted by atomic mass is 16.5. The van der Waals surface area contributed by atoms with E-state index in [1.54, 1.807) is 0 Å². The molecule has 2 fully saturated rings. The Morgan fingerprint density at radius 3 is 2.82 bits per heavy atom. The predicted octanol–water partition coefficient (Wildman–Crippen LogP) is 2.02. The molecule has 3 atom stereocenters. The third-order valence-corrected chi connectivity index (χ3v) is 4.56. The van der Waals surface area contributed by atoms with Crippen molar-refractivity contribution in [3.63, 3.8) is 0 Å². The Kier molecular flexibility index (Phi) is 4.45. The van der Waals surface area contributed by atoms with Crippen LogP contribution >= 0.6 is 0 Å². The molecule has 2 heterocycles. The van der Waals surface area contributed by atoms with Gasteiger partial charge in [-0.1, -0.05) is 6.42 Å². The second-order valence-corrected chi connectivity index (χ2v) is 6.15. The van der Waals surface area contributed by atoms with Crippen molar-refractivity contribution in [2.24, 2.45) is 0 Å². The van der Waals surface area contributed by atoms with Crippen LogP contribution in [-0.4, -0.2) is 49.3 Å². The number of piperidine rings is 2. The lowest BCUT2D eigenvalue weighted by molar-refractivity contribution is 0.00409. The summed E-state index contributed by atoms with van der Waals surface area (Å²) < 4.78 is 5.48. The highest BCUT2D eigenvalue weighted by Crippen LogP contribution is 2.25. The summed E-state index contributed by atoms with van der Waals surface area (Å²) in [5.74, 6) is 0. The zero-order valence-corrected chi connectivity index (χ0v) is 11.7. The third-order valence-electron chi connectivity index (χ3n) is 4.56. The summed E-state index contributed by atoms with van der Waals surface area (Å²) in [6.07, 6.45) is 6.91. The van der Waals surface area contributed by atoms with E-state index in [2.05, 4.69) is 24.1 Å². The van der Waals surface area contributed by atoms with E-state index >= 15 is 0 Å². The standard InChI is InChI=1S/C14H28N2O/c1-12-10-13(17-3)6-9-16(12)11-14(2)7-4-5-8-15-14/h12-13,15H,4-11H2,1-3H3. The van der Waals surface area contributed by atoms with E-state index in [1.807, 2.05) is 7.11 Å². The summed E-state index contributed by atoms with van der Waals surface area (Å²) >= 11 is 0. The normalized spacial score (nSPS) is 40.4. The summed E-state index contributed by atoms with van der Waals surface area (Å²) in [6.45, 7) is 8.32. The van der Waals surface area contributed by atoms with Gasteiger partial charge >= 0.3 is 0 Å². The van der Waals surface area contributed by atoms with Gasteiger partial charge in [-0.15, -0.1) is 0 Å². The molecule has 2 aliphatic heterocycles. The molecule has 3 nitrogen and oxygen atoms in total. The van der Waals surface area contributed by atoms with Crippen molar-refractivity contribution in [1.82, 2.24) is 10.2 Å². The fourth-order valence-corrected chi connectivity index (χ4v) is 3.33. The molecule has 100 valence electrons. The molecule has 0 radical (unpaired) electrons. The lowest BCUT2D eigenvalue weighted by Gasteiger charge is -2.44. The van der Waals surface area contributed by atoms with Crippen LogP contribution in [0.5, 0.6) is 0 Å². The molecule has 3 heteroatoms. The van der Waals surface area contributed by atoms with Crippen LogP contribution in [0.1, 0.15) is 46.0 Å². The van der Waals surface area contributed by atoms with Crippen molar-refractivity contribution in [3.8, 4) is 0 Å². The largest absolute Gasteiger partial charge is 0.381 e. The average molecular weight is 240 g/mol. The monoisotopic (exact) mass is 240 g/mol. The van der Waals surface area contributed by atoms with Crippen molar-refractivity contribution < 1.29 is 4.74 Å². The molecular weight excluding hydrogens is 212 g/mol. The highest BCUT2D eigenvalue weighted by Gasteiger charge is 2.33. The highest BCUT2D eigenvalue weighted by molar-refractivity contribution is 4.92. The fraction of sp³-hybridized carbons (Fsp3) is 1.00. The molecule has 0 aliphatic carbocycles. The number of hydrogen-bond acceptors (Lipinski definition) is 3. The molecule has 0 aromatic rings. The molecule has 0 aromatic heterocycles. The van der Waals surface area contributed by atoms with Gasteiger partial charge in [0.05, 0.1) is 6.10 Å². The van der Waals surface area contributed by atoms with E-state index in [4.69, 9.17) is 4.74 Å². The molecule has 0 amide bonds. The topological polar surface area (TPSA) is 24.5 Å². The summed E-state index contributed by atoms with van der Waals surface area (Å²) in [7, 11) is 1.84. The third kappa shape index (κ3) is 3.43. The Morgan fingerprint density at radius 2 is 2.24 bits per heavy atom. The maximum atomic E-state index is 5.48. The van der Waals surface area contributed by atoms with Gasteiger partial charge in [-0.25, -0.2) is 0 Å². The first kappa shape index (κ1) is 13.3. The van der Waals surface area contributed by atoms with Crippen LogP contribution in [0.4, 0.5) is 0 Å². The summed E-state index contributed by atoms with van der Waals surface area (Å²) in [6, 6.07) is 0.661. The Labute approximate surface area is 106 Å². The smallest absolute Gasteiger partial charge is 0.0598 e. The van der Waals surface area contributed by atoms with Gasteiger partial charge in [0.1, 0.15) is 0 Å². The molecule has 2 saturated heterocycles. The number of ether oxygens (including phenoxy) is 1. The molecule has 2 rings (SSSR count). The quantitative estimate of drug-likeness (QED) is 0.817. The van der Waals surface area contributed by atoms with Gasteiger partial charge in [-0.3, -0.25) is 4.90 Å². The van der Waals surface area contributed by atoms with Gasteiger partial charge in [-0.05, 0) is 46.1 Å². The Bertz CT molecular complexity index is 238. The molecule has 0 bridgehead atoms. The molecule has 3 unspecified atom stereocenters. The Hall–Kier alpha value is -0.120. The van der Waals surface area contributed by atoms with E-state index in [9.17, 15) is 0 Å². The van der Waals surface area contributed by atoms with Crippen LogP contribution in [0, 0.1) is 0 Å². The van der Waals surface area contributed by atoms with Crippen molar-refractivity contribution in [2.45, 2.75) is 63.6 Å². The van der Waals surface area contributed by atoms with Crippen LogP contribution < -0.4 is 5.32 Å². The van der Waals surface area contributed by atoms with E-state index in [1.165, 1.54) is 51.7 Å². The number of hydrogen-bond donors (Lipinski definition) is 1. The number of rotatable bonds is 3. The van der Waals surface area contributed by atoms with Gasteiger partial charge in [0.25, 0.3) is 0 Å². The average Bonchev–Trinajstić information content (AvgIpc) is 2.32. The first-order valence-corrected chi connectivity index (χ1v) is 7.15.